The number of aromatic nitrogens is 4. The number of aryl methyl sites for hydroxylation is 2. The Morgan fingerprint density at radius 3 is 2.43 bits per heavy atom. The average molecular weight is 421 g/mol. The lowest BCUT2D eigenvalue weighted by Gasteiger charge is -2.13. The van der Waals surface area contributed by atoms with Crippen molar-refractivity contribution in [3.8, 4) is 0 Å². The average Bonchev–Trinajstić information content (AvgIpc) is 3.13. The number of amides is 2. The minimum Gasteiger partial charge on any atom is -0.343 e. The molecule has 28 heavy (non-hydrogen) atoms. The van der Waals surface area contributed by atoms with Crippen molar-refractivity contribution in [2.45, 2.75) is 39.5 Å². The Hall–Kier alpha value is -2.56. The fourth-order valence-electron chi connectivity index (χ4n) is 2.50. The van der Waals surface area contributed by atoms with Crippen molar-refractivity contribution in [2.24, 2.45) is 0 Å². The van der Waals surface area contributed by atoms with Gasteiger partial charge in [0.1, 0.15) is 5.69 Å². The van der Waals surface area contributed by atoms with Crippen molar-refractivity contribution >= 4 is 29.1 Å². The highest BCUT2D eigenvalue weighted by Crippen LogP contribution is 2.35. The van der Waals surface area contributed by atoms with E-state index in [4.69, 9.17) is 11.6 Å². The van der Waals surface area contributed by atoms with E-state index >= 15 is 0 Å². The predicted molar refractivity (Wildman–Crippen MR) is 96.1 cm³/mol. The van der Waals surface area contributed by atoms with E-state index in [1.165, 1.54) is 22.7 Å². The van der Waals surface area contributed by atoms with Crippen molar-refractivity contribution < 1.29 is 22.8 Å². The van der Waals surface area contributed by atoms with Crippen LogP contribution >= 0.6 is 11.6 Å². The number of hydrogen-bond donors (Lipinski definition) is 1. The summed E-state index contributed by atoms with van der Waals surface area (Å²) in [4.78, 5) is 25.9. The van der Waals surface area contributed by atoms with Crippen LogP contribution < -0.4 is 5.32 Å². The zero-order valence-corrected chi connectivity index (χ0v) is 16.5. The molecule has 0 unspecified atom stereocenters. The predicted octanol–water partition coefficient (Wildman–Crippen LogP) is 2.81. The third kappa shape index (κ3) is 4.46. The van der Waals surface area contributed by atoms with E-state index in [2.05, 4.69) is 15.5 Å². The van der Waals surface area contributed by atoms with Gasteiger partial charge in [-0.1, -0.05) is 11.6 Å². The van der Waals surface area contributed by atoms with Gasteiger partial charge in [0, 0.05) is 27.1 Å². The largest absolute Gasteiger partial charge is 0.436 e. The molecule has 1 N–H and O–H groups in total. The lowest BCUT2D eigenvalue weighted by atomic mass is 10.3. The van der Waals surface area contributed by atoms with Crippen LogP contribution in [0.25, 0.3) is 0 Å². The molecule has 0 saturated heterocycles. The Bertz CT molecular complexity index is 888. The van der Waals surface area contributed by atoms with Gasteiger partial charge in [-0.3, -0.25) is 19.0 Å². The third-order valence-electron chi connectivity index (χ3n) is 3.97. The molecule has 0 atom stereocenters. The smallest absolute Gasteiger partial charge is 0.343 e. The molecule has 12 heteroatoms. The standard InChI is InChI=1S/C16H20ClF3N6O2/c1-5-25-13(15(28)24(3)4)10(8-21-25)22-11(27)6-7-26-9(2)12(17)14(23-26)16(18,19)20/h8H,5-7H2,1-4H3,(H,22,27). The quantitative estimate of drug-likeness (QED) is 0.778. The van der Waals surface area contributed by atoms with Gasteiger partial charge in [-0.25, -0.2) is 0 Å². The summed E-state index contributed by atoms with van der Waals surface area (Å²) in [5.41, 5.74) is -0.616. The maximum atomic E-state index is 12.9. The molecule has 0 spiro atoms. The molecule has 0 aromatic carbocycles. The van der Waals surface area contributed by atoms with Crippen LogP contribution in [0.4, 0.5) is 18.9 Å². The minimum absolute atomic E-state index is 0.105. The molecule has 0 aliphatic heterocycles. The van der Waals surface area contributed by atoms with Gasteiger partial charge in [-0.15, -0.1) is 0 Å². The van der Waals surface area contributed by atoms with Crippen LogP contribution in [0.5, 0.6) is 0 Å². The van der Waals surface area contributed by atoms with Gasteiger partial charge in [-0.2, -0.15) is 23.4 Å². The fraction of sp³-hybridized carbons (Fsp3) is 0.500. The highest BCUT2D eigenvalue weighted by Gasteiger charge is 2.38. The van der Waals surface area contributed by atoms with E-state index in [-0.39, 0.29) is 35.9 Å². The van der Waals surface area contributed by atoms with Crippen LogP contribution in [0.3, 0.4) is 0 Å². The monoisotopic (exact) mass is 420 g/mol. The molecule has 0 bridgehead atoms. The Kier molecular flexibility index (Phi) is 6.37. The number of anilines is 1. The van der Waals surface area contributed by atoms with Gasteiger partial charge in [0.2, 0.25) is 5.91 Å². The second kappa shape index (κ2) is 8.21. The SMILES string of the molecule is CCn1ncc(NC(=O)CCn2nc(C(F)(F)F)c(Cl)c2C)c1C(=O)N(C)C. The van der Waals surface area contributed by atoms with Crippen molar-refractivity contribution in [1.82, 2.24) is 24.5 Å². The highest BCUT2D eigenvalue weighted by molar-refractivity contribution is 6.31. The molecule has 2 heterocycles. The van der Waals surface area contributed by atoms with E-state index in [1.807, 2.05) is 0 Å². The van der Waals surface area contributed by atoms with Gasteiger partial charge in [0.25, 0.3) is 5.91 Å². The molecular weight excluding hydrogens is 401 g/mol. The van der Waals surface area contributed by atoms with Gasteiger partial charge >= 0.3 is 6.18 Å². The van der Waals surface area contributed by atoms with Crippen LogP contribution in [0.1, 0.15) is 35.2 Å². The molecule has 0 aliphatic rings. The van der Waals surface area contributed by atoms with Crippen molar-refractivity contribution in [2.75, 3.05) is 19.4 Å². The highest BCUT2D eigenvalue weighted by atomic mass is 35.5. The van der Waals surface area contributed by atoms with Crippen LogP contribution in [-0.2, 0) is 24.1 Å². The molecule has 2 rings (SSSR count). The topological polar surface area (TPSA) is 85.0 Å². The number of nitrogens with one attached hydrogen (secondary N) is 1. The molecule has 154 valence electrons. The first-order valence-electron chi connectivity index (χ1n) is 8.34. The van der Waals surface area contributed by atoms with Gasteiger partial charge in [-0.05, 0) is 13.8 Å². The maximum absolute atomic E-state index is 12.9. The zero-order chi connectivity index (χ0) is 21.2. The zero-order valence-electron chi connectivity index (χ0n) is 15.8. The van der Waals surface area contributed by atoms with E-state index in [1.54, 1.807) is 21.0 Å². The summed E-state index contributed by atoms with van der Waals surface area (Å²) in [6.45, 7) is 3.51. The number of nitrogens with zero attached hydrogens (tertiary/aromatic N) is 5. The third-order valence-corrected chi connectivity index (χ3v) is 4.43. The summed E-state index contributed by atoms with van der Waals surface area (Å²) >= 11 is 5.69. The molecule has 0 fully saturated rings. The Labute approximate surface area is 164 Å². The summed E-state index contributed by atoms with van der Waals surface area (Å²) in [7, 11) is 3.15. The summed E-state index contributed by atoms with van der Waals surface area (Å²) in [5, 5.41) is 9.59. The Balaban J connectivity index is 2.13. The van der Waals surface area contributed by atoms with Crippen molar-refractivity contribution in [3.05, 3.63) is 28.3 Å². The Morgan fingerprint density at radius 2 is 1.93 bits per heavy atom. The van der Waals surface area contributed by atoms with Crippen LogP contribution in [0.2, 0.25) is 5.02 Å². The first-order chi connectivity index (χ1) is 13.0. The number of rotatable bonds is 6. The van der Waals surface area contributed by atoms with Crippen molar-refractivity contribution in [1.29, 1.82) is 0 Å². The molecule has 2 amide bonds. The van der Waals surface area contributed by atoms with Crippen molar-refractivity contribution in [3.63, 3.8) is 0 Å². The van der Waals surface area contributed by atoms with Gasteiger partial charge in [0.15, 0.2) is 5.69 Å². The second-order valence-electron chi connectivity index (χ2n) is 6.19. The van der Waals surface area contributed by atoms with E-state index in [0.29, 0.717) is 6.54 Å². The molecule has 2 aromatic heterocycles. The van der Waals surface area contributed by atoms with E-state index in [0.717, 1.165) is 4.68 Å². The Morgan fingerprint density at radius 1 is 1.29 bits per heavy atom. The number of alkyl halides is 3. The van der Waals surface area contributed by atoms with E-state index < -0.39 is 22.8 Å². The molecular formula is C16H20ClF3N6O2. The maximum Gasteiger partial charge on any atom is 0.436 e. The summed E-state index contributed by atoms with van der Waals surface area (Å²) in [6.07, 6.45) is -3.48. The number of carbonyl (C=O) groups is 2. The lowest BCUT2D eigenvalue weighted by molar-refractivity contribution is -0.141. The summed E-state index contributed by atoms with van der Waals surface area (Å²) in [6, 6.07) is 0. The summed E-state index contributed by atoms with van der Waals surface area (Å²) < 4.78 is 41.1. The first kappa shape index (κ1) is 21.7. The van der Waals surface area contributed by atoms with Crippen LogP contribution in [0, 0.1) is 6.92 Å². The van der Waals surface area contributed by atoms with E-state index in [9.17, 15) is 22.8 Å². The van der Waals surface area contributed by atoms with Gasteiger partial charge < -0.3 is 10.2 Å². The molecule has 0 saturated carbocycles. The van der Waals surface area contributed by atoms with Gasteiger partial charge in [0.05, 0.1) is 29.1 Å². The van der Waals surface area contributed by atoms with Crippen LogP contribution in [-0.4, -0.2) is 50.4 Å². The first-order valence-corrected chi connectivity index (χ1v) is 8.72. The molecule has 2 aromatic rings. The second-order valence-corrected chi connectivity index (χ2v) is 6.57. The minimum atomic E-state index is -4.68. The number of hydrogen-bond acceptors (Lipinski definition) is 4. The number of carbonyl (C=O) groups excluding carboxylic acids is 2. The van der Waals surface area contributed by atoms with Crippen LogP contribution in [0.15, 0.2) is 6.20 Å². The molecule has 0 aliphatic carbocycles. The lowest BCUT2D eigenvalue weighted by Crippen LogP contribution is -2.26. The number of halogens is 4. The fourth-order valence-corrected chi connectivity index (χ4v) is 2.74. The molecule has 0 radical (unpaired) electrons. The normalized spacial score (nSPS) is 11.6. The summed E-state index contributed by atoms with van der Waals surface area (Å²) in [5.74, 6) is -0.831. The molecule has 8 nitrogen and oxygen atoms in total.